The highest BCUT2D eigenvalue weighted by atomic mass is 32.2. The molecule has 1 aromatic rings. The van der Waals surface area contributed by atoms with Crippen LogP contribution in [0.3, 0.4) is 0 Å². The van der Waals surface area contributed by atoms with E-state index >= 15 is 0 Å². The minimum absolute atomic E-state index is 0.0791. The molecule has 0 aliphatic rings. The summed E-state index contributed by atoms with van der Waals surface area (Å²) in [6.45, 7) is 3.95. The summed E-state index contributed by atoms with van der Waals surface area (Å²) < 4.78 is 0. The zero-order valence-corrected chi connectivity index (χ0v) is 8.31. The number of hydrogen-bond donors (Lipinski definition) is 1. The van der Waals surface area contributed by atoms with Crippen LogP contribution in [-0.4, -0.2) is 22.5 Å². The van der Waals surface area contributed by atoms with Crippen LogP contribution in [0.25, 0.3) is 0 Å². The highest BCUT2D eigenvalue weighted by Crippen LogP contribution is 2.25. The van der Waals surface area contributed by atoms with Gasteiger partial charge in [0.15, 0.2) is 0 Å². The van der Waals surface area contributed by atoms with Crippen LogP contribution in [0, 0.1) is 13.8 Å². The molecular weight excluding hydrogens is 156 g/mol. The quantitative estimate of drug-likeness (QED) is 0.513. The van der Waals surface area contributed by atoms with Crippen LogP contribution in [0.5, 0.6) is 0 Å². The van der Waals surface area contributed by atoms with Gasteiger partial charge in [-0.15, -0.1) is 0 Å². The fraction of sp³-hybridized carbons (Fsp3) is 0.500. The highest BCUT2D eigenvalue weighted by molar-refractivity contribution is 8.15. The normalized spacial score (nSPS) is 11.5. The van der Waals surface area contributed by atoms with Crippen molar-refractivity contribution in [1.29, 1.82) is 0 Å². The average molecular weight is 170 g/mol. The lowest BCUT2D eigenvalue weighted by atomic mass is 10.4. The van der Waals surface area contributed by atoms with Crippen LogP contribution >= 0.6 is 10.9 Å². The van der Waals surface area contributed by atoms with E-state index in [0.29, 0.717) is 0 Å². The fourth-order valence-corrected chi connectivity index (χ4v) is 1.72. The lowest BCUT2D eigenvalue weighted by Gasteiger charge is -2.08. The smallest absolute Gasteiger partial charge is 0.126 e. The van der Waals surface area contributed by atoms with E-state index in [0.717, 1.165) is 11.5 Å². The van der Waals surface area contributed by atoms with Gasteiger partial charge in [-0.25, -0.2) is 20.9 Å². The highest BCUT2D eigenvalue weighted by Gasteiger charge is 1.99. The molecule has 1 rings (SSSR count). The number of rotatable bonds is 1. The number of hydrogen-bond acceptors (Lipinski definition) is 2. The molecule has 0 aromatic carbocycles. The van der Waals surface area contributed by atoms with Crippen molar-refractivity contribution in [3.63, 3.8) is 0 Å². The number of aryl methyl sites for hydroxylation is 2. The first-order chi connectivity index (χ1) is 5.09. The first-order valence-corrected chi connectivity index (χ1v) is 5.83. The van der Waals surface area contributed by atoms with Gasteiger partial charge in [-0.1, -0.05) is 0 Å². The van der Waals surface area contributed by atoms with Crippen molar-refractivity contribution >= 4 is 10.9 Å². The molecule has 0 saturated carbocycles. The Labute approximate surface area is 70.4 Å². The van der Waals surface area contributed by atoms with Gasteiger partial charge in [0.2, 0.25) is 0 Å². The molecule has 0 N–H and O–H groups in total. The summed E-state index contributed by atoms with van der Waals surface area (Å²) in [4.78, 5) is 8.57. The summed E-state index contributed by atoms with van der Waals surface area (Å²) in [5, 5.41) is 1.20. The van der Waals surface area contributed by atoms with Crippen molar-refractivity contribution in [2.45, 2.75) is 18.9 Å². The Morgan fingerprint density at radius 3 is 2.27 bits per heavy atom. The summed E-state index contributed by atoms with van der Waals surface area (Å²) in [6.07, 6.45) is 4.41. The van der Waals surface area contributed by atoms with Gasteiger partial charge in [0.25, 0.3) is 0 Å². The van der Waals surface area contributed by atoms with Gasteiger partial charge in [-0.05, 0) is 32.4 Å². The van der Waals surface area contributed by atoms with Crippen LogP contribution < -0.4 is 0 Å². The third-order valence-corrected chi connectivity index (χ3v) is 2.56. The topological polar surface area (TPSA) is 25.8 Å². The van der Waals surface area contributed by atoms with Crippen molar-refractivity contribution in [3.05, 3.63) is 17.6 Å². The molecule has 0 saturated heterocycles. The zero-order chi connectivity index (χ0) is 8.43. The standard InChI is InChI=1S/C8H14N2S/c1-6-5-8(11(3)4)10-7(2)9-6/h5,11H,1-4H3. The molecular formula is C8H14N2S. The minimum atomic E-state index is -0.0791. The third-order valence-electron chi connectivity index (χ3n) is 1.41. The Morgan fingerprint density at radius 1 is 1.18 bits per heavy atom. The van der Waals surface area contributed by atoms with Crippen molar-refractivity contribution in [2.75, 3.05) is 12.5 Å². The minimum Gasteiger partial charge on any atom is -0.238 e. The molecule has 0 radical (unpaired) electrons. The van der Waals surface area contributed by atoms with E-state index in [1.165, 1.54) is 5.03 Å². The van der Waals surface area contributed by atoms with Crippen molar-refractivity contribution in [1.82, 2.24) is 9.97 Å². The SMILES string of the molecule is Cc1cc([SH](C)C)nc(C)n1. The van der Waals surface area contributed by atoms with Crippen molar-refractivity contribution < 1.29 is 0 Å². The third kappa shape index (κ3) is 2.19. The molecule has 0 bridgehead atoms. The second-order valence-corrected chi connectivity index (χ2v) is 5.06. The molecule has 1 heterocycles. The van der Waals surface area contributed by atoms with Crippen LogP contribution in [-0.2, 0) is 0 Å². The van der Waals surface area contributed by atoms with Gasteiger partial charge < -0.3 is 0 Å². The molecule has 0 spiro atoms. The predicted octanol–water partition coefficient (Wildman–Crippen LogP) is 1.71. The summed E-state index contributed by atoms with van der Waals surface area (Å²) in [7, 11) is -0.0791. The van der Waals surface area contributed by atoms with Gasteiger partial charge in [0, 0.05) is 5.69 Å². The molecule has 3 heteroatoms. The molecule has 2 nitrogen and oxygen atoms in total. The molecule has 0 aliphatic carbocycles. The molecule has 62 valence electrons. The maximum atomic E-state index is 4.35. The first kappa shape index (κ1) is 8.53. The number of nitrogens with zero attached hydrogens (tertiary/aromatic N) is 2. The van der Waals surface area contributed by atoms with Gasteiger partial charge in [0.05, 0.1) is 5.03 Å². The van der Waals surface area contributed by atoms with Crippen LogP contribution in [0.2, 0.25) is 0 Å². The molecule has 0 unspecified atom stereocenters. The summed E-state index contributed by atoms with van der Waals surface area (Å²) in [5.41, 5.74) is 1.07. The molecule has 11 heavy (non-hydrogen) atoms. The maximum Gasteiger partial charge on any atom is 0.126 e. The van der Waals surface area contributed by atoms with Gasteiger partial charge in [-0.2, -0.15) is 0 Å². The van der Waals surface area contributed by atoms with E-state index in [2.05, 4.69) is 28.5 Å². The zero-order valence-electron chi connectivity index (χ0n) is 7.42. The number of aromatic nitrogens is 2. The second kappa shape index (κ2) is 3.22. The summed E-state index contributed by atoms with van der Waals surface area (Å²) in [5.74, 6) is 0.885. The fourth-order valence-electron chi connectivity index (χ4n) is 0.926. The second-order valence-electron chi connectivity index (χ2n) is 2.81. The lowest BCUT2D eigenvalue weighted by molar-refractivity contribution is 0.935. The number of thiol groups is 1. The first-order valence-electron chi connectivity index (χ1n) is 3.59. The Hall–Kier alpha value is -0.570. The Bertz CT molecular complexity index is 238. The van der Waals surface area contributed by atoms with Crippen molar-refractivity contribution in [3.8, 4) is 0 Å². The van der Waals surface area contributed by atoms with E-state index in [1.807, 2.05) is 13.8 Å². The predicted molar refractivity (Wildman–Crippen MR) is 50.6 cm³/mol. The largest absolute Gasteiger partial charge is 0.238 e. The van der Waals surface area contributed by atoms with Crippen LogP contribution in [0.4, 0.5) is 0 Å². The van der Waals surface area contributed by atoms with Crippen molar-refractivity contribution in [2.24, 2.45) is 0 Å². The van der Waals surface area contributed by atoms with Gasteiger partial charge in [0.1, 0.15) is 5.82 Å². The van der Waals surface area contributed by atoms with Gasteiger partial charge in [-0.3, -0.25) is 0 Å². The van der Waals surface area contributed by atoms with Crippen LogP contribution in [0.15, 0.2) is 11.1 Å². The summed E-state index contributed by atoms with van der Waals surface area (Å²) in [6, 6.07) is 2.07. The Kier molecular flexibility index (Phi) is 2.49. The Balaban J connectivity index is 3.08. The maximum absolute atomic E-state index is 4.35. The van der Waals surface area contributed by atoms with E-state index < -0.39 is 0 Å². The van der Waals surface area contributed by atoms with E-state index in [9.17, 15) is 0 Å². The van der Waals surface area contributed by atoms with E-state index in [4.69, 9.17) is 0 Å². The van der Waals surface area contributed by atoms with E-state index in [1.54, 1.807) is 0 Å². The van der Waals surface area contributed by atoms with Gasteiger partial charge >= 0.3 is 0 Å². The lowest BCUT2D eigenvalue weighted by Crippen LogP contribution is -1.94. The molecule has 0 amide bonds. The summed E-state index contributed by atoms with van der Waals surface area (Å²) >= 11 is 0. The van der Waals surface area contributed by atoms with E-state index in [-0.39, 0.29) is 10.9 Å². The molecule has 1 aromatic heterocycles. The van der Waals surface area contributed by atoms with Crippen LogP contribution in [0.1, 0.15) is 11.5 Å². The monoisotopic (exact) mass is 170 g/mol. The average Bonchev–Trinajstić information content (AvgIpc) is 1.85. The molecule has 0 aliphatic heterocycles. The Morgan fingerprint density at radius 2 is 1.82 bits per heavy atom. The molecule has 0 atom stereocenters. The molecule has 0 fully saturated rings.